The van der Waals surface area contributed by atoms with Crippen LogP contribution in [0, 0.1) is 0 Å². The van der Waals surface area contributed by atoms with E-state index < -0.39 is 5.25 Å². The van der Waals surface area contributed by atoms with E-state index in [1.807, 2.05) is 42.7 Å². The van der Waals surface area contributed by atoms with Gasteiger partial charge in [0.25, 0.3) is 0 Å². The first kappa shape index (κ1) is 20.2. The SMILES string of the molecule is CCn1c(S[C@@H](C)C(=O)Nc2cccnc2Cl)nnc1-c1ccc(OC)cc1. The summed E-state index contributed by atoms with van der Waals surface area (Å²) in [6.07, 6.45) is 1.57. The quantitative estimate of drug-likeness (QED) is 0.459. The molecule has 1 amide bonds. The summed E-state index contributed by atoms with van der Waals surface area (Å²) in [6, 6.07) is 11.1. The number of hydrogen-bond donors (Lipinski definition) is 1. The van der Waals surface area contributed by atoms with E-state index in [2.05, 4.69) is 20.5 Å². The average Bonchev–Trinajstić information content (AvgIpc) is 3.12. The first-order chi connectivity index (χ1) is 13.5. The highest BCUT2D eigenvalue weighted by Crippen LogP contribution is 2.28. The van der Waals surface area contributed by atoms with Gasteiger partial charge in [-0.2, -0.15) is 0 Å². The fraction of sp³-hybridized carbons (Fsp3) is 0.263. The molecule has 0 saturated carbocycles. The van der Waals surface area contributed by atoms with Crippen molar-refractivity contribution in [3.63, 3.8) is 0 Å². The minimum atomic E-state index is -0.394. The third-order valence-corrected chi connectivity index (χ3v) is 5.43. The van der Waals surface area contributed by atoms with E-state index in [9.17, 15) is 4.79 Å². The predicted octanol–water partition coefficient (Wildman–Crippen LogP) is 4.14. The molecular formula is C19H20ClN5O2S. The van der Waals surface area contributed by atoms with Crippen LogP contribution in [0.5, 0.6) is 5.75 Å². The average molecular weight is 418 g/mol. The molecule has 0 aliphatic rings. The third-order valence-electron chi connectivity index (χ3n) is 4.05. The number of amides is 1. The normalized spacial score (nSPS) is 11.9. The highest BCUT2D eigenvalue weighted by molar-refractivity contribution is 8.00. The fourth-order valence-electron chi connectivity index (χ4n) is 2.54. The van der Waals surface area contributed by atoms with E-state index in [1.54, 1.807) is 25.4 Å². The molecule has 0 aliphatic heterocycles. The molecule has 28 heavy (non-hydrogen) atoms. The van der Waals surface area contributed by atoms with Gasteiger partial charge >= 0.3 is 0 Å². The number of aromatic nitrogens is 4. The van der Waals surface area contributed by atoms with Crippen LogP contribution in [-0.4, -0.2) is 38.0 Å². The number of carbonyl (C=O) groups excluding carboxylic acids is 1. The summed E-state index contributed by atoms with van der Waals surface area (Å²) >= 11 is 7.35. The summed E-state index contributed by atoms with van der Waals surface area (Å²) in [6.45, 7) is 4.51. The summed E-state index contributed by atoms with van der Waals surface area (Å²) in [4.78, 5) is 16.5. The lowest BCUT2D eigenvalue weighted by atomic mass is 10.2. The van der Waals surface area contributed by atoms with Gasteiger partial charge in [0, 0.05) is 18.3 Å². The molecular weight excluding hydrogens is 398 g/mol. The van der Waals surface area contributed by atoms with Gasteiger partial charge in [0.05, 0.1) is 18.0 Å². The number of methoxy groups -OCH3 is 1. The number of thioether (sulfide) groups is 1. The van der Waals surface area contributed by atoms with Crippen molar-refractivity contribution in [1.82, 2.24) is 19.7 Å². The Hall–Kier alpha value is -2.58. The largest absolute Gasteiger partial charge is 0.497 e. The van der Waals surface area contributed by atoms with Crippen molar-refractivity contribution in [3.8, 4) is 17.1 Å². The molecule has 1 atom stereocenters. The molecule has 0 bridgehead atoms. The molecule has 0 unspecified atom stereocenters. The molecule has 2 heterocycles. The van der Waals surface area contributed by atoms with Crippen molar-refractivity contribution in [2.24, 2.45) is 0 Å². The molecule has 0 fully saturated rings. The summed E-state index contributed by atoms with van der Waals surface area (Å²) in [7, 11) is 1.63. The van der Waals surface area contributed by atoms with E-state index in [0.29, 0.717) is 17.4 Å². The van der Waals surface area contributed by atoms with Gasteiger partial charge in [0.2, 0.25) is 5.91 Å². The minimum absolute atomic E-state index is 0.184. The molecule has 3 rings (SSSR count). The number of rotatable bonds is 7. The van der Waals surface area contributed by atoms with E-state index >= 15 is 0 Å². The van der Waals surface area contributed by atoms with E-state index in [-0.39, 0.29) is 11.1 Å². The van der Waals surface area contributed by atoms with Crippen LogP contribution >= 0.6 is 23.4 Å². The molecule has 0 spiro atoms. The van der Waals surface area contributed by atoms with Crippen molar-refractivity contribution in [2.45, 2.75) is 30.8 Å². The van der Waals surface area contributed by atoms with Crippen LogP contribution in [0.4, 0.5) is 5.69 Å². The molecule has 9 heteroatoms. The first-order valence-electron chi connectivity index (χ1n) is 8.69. The maximum atomic E-state index is 12.5. The minimum Gasteiger partial charge on any atom is -0.497 e. The lowest BCUT2D eigenvalue weighted by Crippen LogP contribution is -2.23. The van der Waals surface area contributed by atoms with Gasteiger partial charge in [-0.3, -0.25) is 4.79 Å². The zero-order valence-electron chi connectivity index (χ0n) is 15.7. The van der Waals surface area contributed by atoms with Crippen LogP contribution in [0.3, 0.4) is 0 Å². The number of hydrogen-bond acceptors (Lipinski definition) is 6. The standard InChI is InChI=1S/C19H20ClN5O2S/c1-4-25-17(13-7-9-14(27-3)10-8-13)23-24-19(25)28-12(2)18(26)22-15-6-5-11-21-16(15)20/h5-12H,4H2,1-3H3,(H,22,26)/t12-/m0/s1. The predicted molar refractivity (Wildman–Crippen MR) is 111 cm³/mol. The molecule has 1 aromatic carbocycles. The Morgan fingerprint density at radius 1 is 1.29 bits per heavy atom. The Balaban J connectivity index is 1.75. The van der Waals surface area contributed by atoms with Crippen LogP contribution in [0.25, 0.3) is 11.4 Å². The van der Waals surface area contributed by atoms with Gasteiger partial charge in [-0.1, -0.05) is 23.4 Å². The summed E-state index contributed by atoms with van der Waals surface area (Å²) in [5.74, 6) is 1.34. The number of ether oxygens (including phenoxy) is 1. The van der Waals surface area contributed by atoms with Crippen LogP contribution in [-0.2, 0) is 11.3 Å². The number of benzene rings is 1. The highest BCUT2D eigenvalue weighted by Gasteiger charge is 2.21. The summed E-state index contributed by atoms with van der Waals surface area (Å²) < 4.78 is 7.18. The second-order valence-electron chi connectivity index (χ2n) is 5.87. The maximum absolute atomic E-state index is 12.5. The molecule has 7 nitrogen and oxygen atoms in total. The summed E-state index contributed by atoms with van der Waals surface area (Å²) in [5.41, 5.74) is 1.42. The van der Waals surface area contributed by atoms with Crippen molar-refractivity contribution in [2.75, 3.05) is 12.4 Å². The molecule has 0 aliphatic carbocycles. The van der Waals surface area contributed by atoms with Gasteiger partial charge in [-0.15, -0.1) is 10.2 Å². The molecule has 3 aromatic rings. The number of nitrogens with zero attached hydrogens (tertiary/aromatic N) is 4. The number of halogens is 1. The van der Waals surface area contributed by atoms with Crippen LogP contribution in [0.1, 0.15) is 13.8 Å². The highest BCUT2D eigenvalue weighted by atomic mass is 35.5. The van der Waals surface area contributed by atoms with Gasteiger partial charge in [0.15, 0.2) is 16.1 Å². The number of anilines is 1. The van der Waals surface area contributed by atoms with E-state index in [1.165, 1.54) is 11.8 Å². The van der Waals surface area contributed by atoms with Crippen molar-refractivity contribution in [3.05, 3.63) is 47.7 Å². The van der Waals surface area contributed by atoms with Gasteiger partial charge < -0.3 is 14.6 Å². The number of carbonyl (C=O) groups is 1. The maximum Gasteiger partial charge on any atom is 0.237 e. The number of nitrogens with one attached hydrogen (secondary N) is 1. The molecule has 2 aromatic heterocycles. The van der Waals surface area contributed by atoms with E-state index in [4.69, 9.17) is 16.3 Å². The molecule has 0 radical (unpaired) electrons. The van der Waals surface area contributed by atoms with Crippen LogP contribution in [0.15, 0.2) is 47.8 Å². The topological polar surface area (TPSA) is 81.9 Å². The van der Waals surface area contributed by atoms with Crippen LogP contribution < -0.4 is 10.1 Å². The first-order valence-corrected chi connectivity index (χ1v) is 9.95. The Morgan fingerprint density at radius 2 is 2.04 bits per heavy atom. The van der Waals surface area contributed by atoms with Gasteiger partial charge in [-0.05, 0) is 50.2 Å². The molecule has 0 saturated heterocycles. The Morgan fingerprint density at radius 3 is 2.68 bits per heavy atom. The zero-order chi connectivity index (χ0) is 20.1. The Labute approximate surface area is 172 Å². The lowest BCUT2D eigenvalue weighted by molar-refractivity contribution is -0.115. The smallest absolute Gasteiger partial charge is 0.237 e. The van der Waals surface area contributed by atoms with Crippen molar-refractivity contribution >= 4 is 35.0 Å². The summed E-state index contributed by atoms with van der Waals surface area (Å²) in [5, 5.41) is 11.9. The molecule has 1 N–H and O–H groups in total. The van der Waals surface area contributed by atoms with Crippen molar-refractivity contribution < 1.29 is 9.53 Å². The van der Waals surface area contributed by atoms with Crippen LogP contribution in [0.2, 0.25) is 5.15 Å². The number of pyridine rings is 1. The van der Waals surface area contributed by atoms with Gasteiger partial charge in [-0.25, -0.2) is 4.98 Å². The van der Waals surface area contributed by atoms with E-state index in [0.717, 1.165) is 17.1 Å². The second-order valence-corrected chi connectivity index (χ2v) is 7.54. The third kappa shape index (κ3) is 4.45. The Kier molecular flexibility index (Phi) is 6.53. The Bertz CT molecular complexity index is 961. The van der Waals surface area contributed by atoms with Crippen molar-refractivity contribution in [1.29, 1.82) is 0 Å². The van der Waals surface area contributed by atoms with Gasteiger partial charge in [0.1, 0.15) is 5.75 Å². The lowest BCUT2D eigenvalue weighted by Gasteiger charge is -2.13. The fourth-order valence-corrected chi connectivity index (χ4v) is 3.62. The zero-order valence-corrected chi connectivity index (χ0v) is 17.3. The second kappa shape index (κ2) is 9.07. The molecule has 146 valence electrons. The monoisotopic (exact) mass is 417 g/mol.